The van der Waals surface area contributed by atoms with Gasteiger partial charge in [-0.1, -0.05) is 13.8 Å². The number of piperazine rings is 1. The third kappa shape index (κ3) is 4.52. The minimum absolute atomic E-state index is 0.607. The van der Waals surface area contributed by atoms with Crippen LogP contribution in [-0.4, -0.2) is 81.8 Å². The Morgan fingerprint density at radius 1 is 1.17 bits per heavy atom. The second-order valence-corrected chi connectivity index (χ2v) is 7.62. The van der Waals surface area contributed by atoms with Gasteiger partial charge in [0.25, 0.3) is 0 Å². The maximum absolute atomic E-state index is 4.47. The minimum atomic E-state index is 0.607. The van der Waals surface area contributed by atoms with Crippen LogP contribution in [0.2, 0.25) is 0 Å². The van der Waals surface area contributed by atoms with Gasteiger partial charge in [0.05, 0.1) is 6.54 Å². The summed E-state index contributed by atoms with van der Waals surface area (Å²) in [6, 6.07) is 0.764. The molecule has 6 nitrogen and oxygen atoms in total. The third-order valence-corrected chi connectivity index (χ3v) is 5.12. The van der Waals surface area contributed by atoms with Crippen molar-refractivity contribution in [1.82, 2.24) is 29.5 Å². The fraction of sp³-hybridized carbons (Fsp3) is 0.882. The Morgan fingerprint density at radius 3 is 2.65 bits per heavy atom. The highest BCUT2D eigenvalue weighted by Crippen LogP contribution is 2.17. The highest BCUT2D eigenvalue weighted by Gasteiger charge is 2.27. The number of rotatable bonds is 5. The Morgan fingerprint density at radius 2 is 1.96 bits per heavy atom. The summed E-state index contributed by atoms with van der Waals surface area (Å²) in [5.41, 5.74) is 0. The molecule has 2 aliphatic heterocycles. The molecule has 1 aromatic heterocycles. The van der Waals surface area contributed by atoms with Crippen molar-refractivity contribution >= 4 is 0 Å². The molecule has 2 aliphatic rings. The van der Waals surface area contributed by atoms with Gasteiger partial charge in [0, 0.05) is 45.3 Å². The Hall–Kier alpha value is -0.980. The third-order valence-electron chi connectivity index (χ3n) is 5.12. The van der Waals surface area contributed by atoms with Gasteiger partial charge in [-0.15, -0.1) is 0 Å². The van der Waals surface area contributed by atoms with Crippen LogP contribution in [0.3, 0.4) is 0 Å². The summed E-state index contributed by atoms with van der Waals surface area (Å²) in [4.78, 5) is 12.2. The summed E-state index contributed by atoms with van der Waals surface area (Å²) in [6.45, 7) is 13.5. The van der Waals surface area contributed by atoms with Gasteiger partial charge in [-0.3, -0.25) is 9.80 Å². The van der Waals surface area contributed by atoms with Crippen molar-refractivity contribution in [2.45, 2.75) is 45.8 Å². The van der Waals surface area contributed by atoms with Crippen LogP contribution in [0, 0.1) is 5.92 Å². The van der Waals surface area contributed by atoms with Crippen molar-refractivity contribution in [1.29, 1.82) is 0 Å². The Balaban J connectivity index is 1.48. The summed E-state index contributed by atoms with van der Waals surface area (Å²) in [7, 11) is 2.25. The van der Waals surface area contributed by atoms with Gasteiger partial charge in [-0.2, -0.15) is 5.10 Å². The zero-order valence-electron chi connectivity index (χ0n) is 15.0. The molecule has 0 aliphatic carbocycles. The van der Waals surface area contributed by atoms with Crippen LogP contribution < -0.4 is 0 Å². The Bertz CT molecular complexity index is 477. The Kier molecular flexibility index (Phi) is 5.67. The zero-order valence-corrected chi connectivity index (χ0v) is 15.0. The maximum atomic E-state index is 4.47. The number of aromatic nitrogens is 3. The molecular formula is C17H32N6. The quantitative estimate of drug-likeness (QED) is 0.814. The van der Waals surface area contributed by atoms with E-state index < -0.39 is 0 Å². The first kappa shape index (κ1) is 16.9. The summed E-state index contributed by atoms with van der Waals surface area (Å²) in [5.74, 6) is 1.72. The minimum Gasteiger partial charge on any atom is -0.305 e. The van der Waals surface area contributed by atoms with Gasteiger partial charge in [0.1, 0.15) is 12.2 Å². The normalized spacial score (nSPS) is 25.3. The molecule has 0 saturated carbocycles. The van der Waals surface area contributed by atoms with E-state index in [1.807, 2.05) is 0 Å². The van der Waals surface area contributed by atoms with Crippen molar-refractivity contribution in [2.24, 2.45) is 5.92 Å². The molecule has 130 valence electrons. The second kappa shape index (κ2) is 7.73. The van der Waals surface area contributed by atoms with E-state index in [0.29, 0.717) is 5.92 Å². The van der Waals surface area contributed by atoms with Crippen LogP contribution in [0.5, 0.6) is 0 Å². The molecule has 0 spiro atoms. The number of hydrogen-bond donors (Lipinski definition) is 0. The van der Waals surface area contributed by atoms with E-state index >= 15 is 0 Å². The number of likely N-dealkylation sites (tertiary alicyclic amines) is 1. The lowest BCUT2D eigenvalue weighted by molar-refractivity contribution is 0.0553. The van der Waals surface area contributed by atoms with Crippen molar-refractivity contribution in [3.63, 3.8) is 0 Å². The van der Waals surface area contributed by atoms with Crippen LogP contribution >= 0.6 is 0 Å². The van der Waals surface area contributed by atoms with Gasteiger partial charge in [-0.25, -0.2) is 9.67 Å². The number of hydrogen-bond acceptors (Lipinski definition) is 5. The molecule has 23 heavy (non-hydrogen) atoms. The van der Waals surface area contributed by atoms with E-state index in [1.165, 1.54) is 39.0 Å². The molecule has 1 atom stereocenters. The van der Waals surface area contributed by atoms with Crippen LogP contribution in [0.25, 0.3) is 0 Å². The van der Waals surface area contributed by atoms with Gasteiger partial charge in [0.15, 0.2) is 0 Å². The van der Waals surface area contributed by atoms with Crippen LogP contribution in [0.1, 0.15) is 32.5 Å². The molecule has 0 unspecified atom stereocenters. The average Bonchev–Trinajstić information content (AvgIpc) is 2.94. The van der Waals surface area contributed by atoms with Crippen molar-refractivity contribution in [3.8, 4) is 0 Å². The van der Waals surface area contributed by atoms with E-state index in [1.54, 1.807) is 6.33 Å². The molecule has 2 fully saturated rings. The predicted molar refractivity (Wildman–Crippen MR) is 92.2 cm³/mol. The molecule has 0 aromatic carbocycles. The topological polar surface area (TPSA) is 40.4 Å². The van der Waals surface area contributed by atoms with E-state index in [2.05, 4.69) is 50.4 Å². The van der Waals surface area contributed by atoms with E-state index in [4.69, 9.17) is 0 Å². The number of piperidine rings is 1. The van der Waals surface area contributed by atoms with Crippen LogP contribution in [0.4, 0.5) is 0 Å². The van der Waals surface area contributed by atoms with Gasteiger partial charge >= 0.3 is 0 Å². The van der Waals surface area contributed by atoms with Gasteiger partial charge in [0.2, 0.25) is 0 Å². The zero-order chi connectivity index (χ0) is 16.2. The largest absolute Gasteiger partial charge is 0.305 e. The maximum Gasteiger partial charge on any atom is 0.141 e. The standard InChI is InChI=1S/C17H32N6/c1-15(2)11-23-17(18-14-19-23)13-21-7-9-22(10-8-21)16-5-4-6-20(3)12-16/h14-16H,4-13H2,1-3H3/t16-/m0/s1. The molecule has 6 heteroatoms. The fourth-order valence-corrected chi connectivity index (χ4v) is 3.83. The Labute approximate surface area is 140 Å². The number of nitrogens with zero attached hydrogens (tertiary/aromatic N) is 6. The van der Waals surface area contributed by atoms with Crippen molar-refractivity contribution in [2.75, 3.05) is 46.3 Å². The van der Waals surface area contributed by atoms with Crippen LogP contribution in [-0.2, 0) is 13.1 Å². The molecule has 0 bridgehead atoms. The SMILES string of the molecule is CC(C)Cn1ncnc1CN1CCN([C@H]2CCCN(C)C2)CC1. The first-order valence-electron chi connectivity index (χ1n) is 9.13. The van der Waals surface area contributed by atoms with E-state index in [9.17, 15) is 0 Å². The van der Waals surface area contributed by atoms with Crippen molar-refractivity contribution < 1.29 is 0 Å². The molecular weight excluding hydrogens is 288 g/mol. The van der Waals surface area contributed by atoms with Crippen molar-refractivity contribution in [3.05, 3.63) is 12.2 Å². The summed E-state index contributed by atoms with van der Waals surface area (Å²) < 4.78 is 2.08. The number of likely N-dealkylation sites (N-methyl/N-ethyl adjacent to an activating group) is 1. The molecule has 0 N–H and O–H groups in total. The fourth-order valence-electron chi connectivity index (χ4n) is 3.83. The summed E-state index contributed by atoms with van der Waals surface area (Å²) in [6.07, 6.45) is 4.42. The smallest absolute Gasteiger partial charge is 0.141 e. The van der Waals surface area contributed by atoms with Gasteiger partial charge in [-0.05, 0) is 32.4 Å². The highest BCUT2D eigenvalue weighted by atomic mass is 15.4. The van der Waals surface area contributed by atoms with Crippen LogP contribution in [0.15, 0.2) is 6.33 Å². The molecule has 0 amide bonds. The molecule has 3 rings (SSSR count). The monoisotopic (exact) mass is 320 g/mol. The predicted octanol–water partition coefficient (Wildman–Crippen LogP) is 1.15. The first-order valence-corrected chi connectivity index (χ1v) is 9.13. The molecule has 3 heterocycles. The van der Waals surface area contributed by atoms with E-state index in [-0.39, 0.29) is 0 Å². The summed E-state index contributed by atoms with van der Waals surface area (Å²) >= 11 is 0. The lowest BCUT2D eigenvalue weighted by Gasteiger charge is -2.42. The molecule has 1 aromatic rings. The first-order chi connectivity index (χ1) is 11.1. The lowest BCUT2D eigenvalue weighted by Crippen LogP contribution is -2.54. The second-order valence-electron chi connectivity index (χ2n) is 7.62. The average molecular weight is 320 g/mol. The molecule has 0 radical (unpaired) electrons. The van der Waals surface area contributed by atoms with E-state index in [0.717, 1.165) is 38.0 Å². The lowest BCUT2D eigenvalue weighted by atomic mass is 10.0. The summed E-state index contributed by atoms with van der Waals surface area (Å²) in [5, 5.41) is 4.38. The van der Waals surface area contributed by atoms with Gasteiger partial charge < -0.3 is 4.90 Å². The molecule has 2 saturated heterocycles. The highest BCUT2D eigenvalue weighted by molar-refractivity contribution is 4.88.